The number of aromatic amines is 1. The van der Waals surface area contributed by atoms with E-state index in [1.54, 1.807) is 0 Å². The molecule has 0 radical (unpaired) electrons. The number of amides is 2. The lowest BCUT2D eigenvalue weighted by Gasteiger charge is -1.99. The summed E-state index contributed by atoms with van der Waals surface area (Å²) in [4.78, 5) is 29.1. The van der Waals surface area contributed by atoms with Crippen molar-refractivity contribution in [3.05, 3.63) is 12.2 Å². The van der Waals surface area contributed by atoms with E-state index < -0.39 is 11.8 Å². The number of primary amides is 1. The molecule has 0 aromatic carbocycles. The highest BCUT2D eigenvalue weighted by Gasteiger charge is 2.07. The van der Waals surface area contributed by atoms with E-state index in [0.717, 1.165) is 0 Å². The van der Waals surface area contributed by atoms with Gasteiger partial charge in [-0.25, -0.2) is 10.5 Å². The Hall–Kier alpha value is -1.96. The van der Waals surface area contributed by atoms with E-state index in [9.17, 15) is 9.59 Å². The average Bonchev–Trinajstić information content (AvgIpc) is 2.55. The summed E-state index contributed by atoms with van der Waals surface area (Å²) in [7, 11) is 0. The number of rotatable bonds is 4. The second-order valence-corrected chi connectivity index (χ2v) is 2.02. The number of hydrogen-bond donors (Lipinski definition) is 3. The molecule has 1 heterocycles. The Balaban J connectivity index is 2.31. The molecule has 8 heteroatoms. The molecule has 2 amide bonds. The minimum Gasteiger partial charge on any atom is -0.368 e. The van der Waals surface area contributed by atoms with Crippen LogP contribution in [-0.2, 0) is 9.63 Å². The fourth-order valence-electron chi connectivity index (χ4n) is 0.536. The van der Waals surface area contributed by atoms with Crippen LogP contribution in [0.25, 0.3) is 0 Å². The molecule has 13 heavy (non-hydrogen) atoms. The highest BCUT2D eigenvalue weighted by Crippen LogP contribution is 1.83. The first kappa shape index (κ1) is 9.13. The summed E-state index contributed by atoms with van der Waals surface area (Å²) in [5.74, 6) is -1.32. The summed E-state index contributed by atoms with van der Waals surface area (Å²) in [6.45, 7) is -0.389. The predicted octanol–water partition coefficient (Wildman–Crippen LogP) is -2.05. The Bertz CT molecular complexity index is 295. The molecule has 1 aromatic heterocycles. The Morgan fingerprint density at radius 3 is 3.00 bits per heavy atom. The predicted molar refractivity (Wildman–Crippen MR) is 39.0 cm³/mol. The molecule has 0 saturated heterocycles. The summed E-state index contributed by atoms with van der Waals surface area (Å²) in [5, 5.41) is 5.75. The van der Waals surface area contributed by atoms with Crippen LogP contribution in [0.4, 0.5) is 0 Å². The molecule has 0 aliphatic carbocycles. The van der Waals surface area contributed by atoms with Gasteiger partial charge in [0.1, 0.15) is 6.33 Å². The maximum absolute atomic E-state index is 11.0. The zero-order chi connectivity index (χ0) is 9.68. The molecule has 1 rings (SSSR count). The summed E-state index contributed by atoms with van der Waals surface area (Å²) in [6.07, 6.45) is 1.17. The van der Waals surface area contributed by atoms with Crippen molar-refractivity contribution < 1.29 is 14.4 Å². The van der Waals surface area contributed by atoms with Crippen LogP contribution in [0.15, 0.2) is 6.33 Å². The van der Waals surface area contributed by atoms with Gasteiger partial charge in [0.25, 0.3) is 0 Å². The molecule has 0 saturated carbocycles. The molecule has 70 valence electrons. The zero-order valence-electron chi connectivity index (χ0n) is 6.48. The maximum Gasteiger partial charge on any atom is 0.312 e. The van der Waals surface area contributed by atoms with E-state index in [4.69, 9.17) is 5.73 Å². The number of nitrogens with zero attached hydrogens (tertiary/aromatic N) is 2. The second kappa shape index (κ2) is 4.16. The molecule has 4 N–H and O–H groups in total. The Kier molecular flexibility index (Phi) is 2.92. The van der Waals surface area contributed by atoms with Gasteiger partial charge < -0.3 is 5.73 Å². The van der Waals surface area contributed by atoms with E-state index in [-0.39, 0.29) is 12.4 Å². The lowest BCUT2D eigenvalue weighted by atomic mass is 10.6. The Labute approximate surface area is 72.4 Å². The molecule has 0 bridgehead atoms. The largest absolute Gasteiger partial charge is 0.368 e. The third-order valence-corrected chi connectivity index (χ3v) is 1.01. The number of carbonyl (C=O) groups excluding carboxylic acids is 2. The van der Waals surface area contributed by atoms with Crippen molar-refractivity contribution in [1.82, 2.24) is 20.7 Å². The Morgan fingerprint density at radius 2 is 2.46 bits per heavy atom. The zero-order valence-corrected chi connectivity index (χ0v) is 6.48. The lowest BCUT2D eigenvalue weighted by Crippen LogP contribution is -2.30. The lowest BCUT2D eigenvalue weighted by molar-refractivity contribution is -0.124. The summed E-state index contributed by atoms with van der Waals surface area (Å²) >= 11 is 0. The molecule has 1 aromatic rings. The van der Waals surface area contributed by atoms with Crippen LogP contribution in [0, 0.1) is 0 Å². The van der Waals surface area contributed by atoms with Gasteiger partial charge in [0.05, 0.1) is 0 Å². The van der Waals surface area contributed by atoms with Crippen LogP contribution in [0.3, 0.4) is 0 Å². The van der Waals surface area contributed by atoms with Gasteiger partial charge in [-0.1, -0.05) is 0 Å². The SMILES string of the molecule is NC(=O)CONC(=O)c1ncn[nH]1. The van der Waals surface area contributed by atoms with E-state index in [1.807, 2.05) is 5.48 Å². The van der Waals surface area contributed by atoms with Gasteiger partial charge >= 0.3 is 5.91 Å². The van der Waals surface area contributed by atoms with E-state index in [2.05, 4.69) is 20.0 Å². The third-order valence-electron chi connectivity index (χ3n) is 1.01. The first-order valence-electron chi connectivity index (χ1n) is 3.26. The standard InChI is InChI=1S/C5H7N5O3/c6-3(11)1-13-10-5(12)4-7-2-8-9-4/h2H,1H2,(H2,6,11)(H,10,12)(H,7,8,9). The van der Waals surface area contributed by atoms with Gasteiger partial charge in [-0.3, -0.25) is 19.5 Å². The van der Waals surface area contributed by atoms with Gasteiger partial charge in [0.15, 0.2) is 6.61 Å². The van der Waals surface area contributed by atoms with Gasteiger partial charge in [0, 0.05) is 0 Å². The Morgan fingerprint density at radius 1 is 1.69 bits per heavy atom. The molecule has 8 nitrogen and oxygen atoms in total. The molecule has 0 aliphatic heterocycles. The van der Waals surface area contributed by atoms with Crippen molar-refractivity contribution in [2.75, 3.05) is 6.61 Å². The smallest absolute Gasteiger partial charge is 0.312 e. The first-order chi connectivity index (χ1) is 6.20. The topological polar surface area (TPSA) is 123 Å². The molecular formula is C5H7N5O3. The highest BCUT2D eigenvalue weighted by atomic mass is 16.7. The quantitative estimate of drug-likeness (QED) is 0.466. The van der Waals surface area contributed by atoms with Crippen molar-refractivity contribution in [1.29, 1.82) is 0 Å². The van der Waals surface area contributed by atoms with Crippen LogP contribution < -0.4 is 11.2 Å². The second-order valence-electron chi connectivity index (χ2n) is 2.02. The number of carbonyl (C=O) groups is 2. The number of H-pyrrole nitrogens is 1. The van der Waals surface area contributed by atoms with Crippen LogP contribution >= 0.6 is 0 Å². The van der Waals surface area contributed by atoms with Crippen LogP contribution in [0.5, 0.6) is 0 Å². The highest BCUT2D eigenvalue weighted by molar-refractivity contribution is 5.89. The van der Waals surface area contributed by atoms with Crippen molar-refractivity contribution in [3.63, 3.8) is 0 Å². The van der Waals surface area contributed by atoms with Gasteiger partial charge in [-0.15, -0.1) is 0 Å². The third kappa shape index (κ3) is 2.87. The summed E-state index contributed by atoms with van der Waals surface area (Å²) < 4.78 is 0. The minimum absolute atomic E-state index is 0.00975. The molecule has 0 fully saturated rings. The van der Waals surface area contributed by atoms with Gasteiger partial charge in [-0.2, -0.15) is 5.10 Å². The molecule has 0 unspecified atom stereocenters. The average molecular weight is 185 g/mol. The van der Waals surface area contributed by atoms with Crippen molar-refractivity contribution >= 4 is 11.8 Å². The minimum atomic E-state index is -0.683. The van der Waals surface area contributed by atoms with Crippen molar-refractivity contribution in [2.45, 2.75) is 0 Å². The van der Waals surface area contributed by atoms with Crippen molar-refractivity contribution in [3.8, 4) is 0 Å². The first-order valence-corrected chi connectivity index (χ1v) is 3.26. The van der Waals surface area contributed by atoms with Gasteiger partial charge in [-0.05, 0) is 0 Å². The summed E-state index contributed by atoms with van der Waals surface area (Å²) in [6, 6.07) is 0. The van der Waals surface area contributed by atoms with Crippen LogP contribution in [-0.4, -0.2) is 33.6 Å². The number of nitrogens with one attached hydrogen (secondary N) is 2. The normalized spacial score (nSPS) is 9.54. The molecular weight excluding hydrogens is 178 g/mol. The number of hydrogen-bond acceptors (Lipinski definition) is 5. The molecule has 0 atom stereocenters. The molecule has 0 spiro atoms. The maximum atomic E-state index is 11.0. The fraction of sp³-hybridized carbons (Fsp3) is 0.200. The van der Waals surface area contributed by atoms with Crippen LogP contribution in [0.1, 0.15) is 10.6 Å². The number of hydroxylamine groups is 1. The van der Waals surface area contributed by atoms with E-state index in [0.29, 0.717) is 0 Å². The fourth-order valence-corrected chi connectivity index (χ4v) is 0.536. The van der Waals surface area contributed by atoms with E-state index in [1.165, 1.54) is 6.33 Å². The number of nitrogens with two attached hydrogens (primary N) is 1. The summed E-state index contributed by atoms with van der Waals surface area (Å²) in [5.41, 5.74) is 6.69. The van der Waals surface area contributed by atoms with Gasteiger partial charge in [0.2, 0.25) is 11.7 Å². The van der Waals surface area contributed by atoms with Crippen molar-refractivity contribution in [2.24, 2.45) is 5.73 Å². The van der Waals surface area contributed by atoms with E-state index >= 15 is 0 Å². The molecule has 0 aliphatic rings. The van der Waals surface area contributed by atoms with Crippen LogP contribution in [0.2, 0.25) is 0 Å². The monoisotopic (exact) mass is 185 g/mol. The number of aromatic nitrogens is 3.